The second-order valence-corrected chi connectivity index (χ2v) is 10.4. The minimum absolute atomic E-state index is 0.124. The van der Waals surface area contributed by atoms with E-state index in [-0.39, 0.29) is 17.6 Å². The number of rotatable bonds is 8. The van der Waals surface area contributed by atoms with Crippen LogP contribution < -0.4 is 10.1 Å². The summed E-state index contributed by atoms with van der Waals surface area (Å²) in [6.07, 6.45) is 1.17. The molecule has 3 rings (SSSR count). The van der Waals surface area contributed by atoms with Gasteiger partial charge in [-0.3, -0.25) is 9.59 Å². The van der Waals surface area contributed by atoms with E-state index in [1.165, 1.54) is 29.5 Å². The number of piperidine rings is 1. The van der Waals surface area contributed by atoms with Crippen LogP contribution in [0.1, 0.15) is 32.1 Å². The molecule has 0 bridgehead atoms. The Morgan fingerprint density at radius 3 is 2.52 bits per heavy atom. The van der Waals surface area contributed by atoms with E-state index in [0.717, 1.165) is 35.0 Å². The smallest absolute Gasteiger partial charge is 0.236 e. The van der Waals surface area contributed by atoms with Gasteiger partial charge in [-0.05, 0) is 56.4 Å². The quantitative estimate of drug-likeness (QED) is 0.617. The predicted octanol–water partition coefficient (Wildman–Crippen LogP) is 4.69. The molecule has 2 aromatic rings. The van der Waals surface area contributed by atoms with Gasteiger partial charge in [0.15, 0.2) is 5.13 Å². The number of anilines is 1. The van der Waals surface area contributed by atoms with Crippen LogP contribution in [0.25, 0.3) is 11.3 Å². The zero-order valence-corrected chi connectivity index (χ0v) is 20.3. The Bertz CT molecular complexity index is 888. The fourth-order valence-corrected chi connectivity index (χ4v) is 5.51. The van der Waals surface area contributed by atoms with Crippen molar-refractivity contribution in [2.75, 3.05) is 36.5 Å². The molecule has 2 heterocycles. The average molecular weight is 462 g/mol. The maximum atomic E-state index is 12.5. The predicted molar refractivity (Wildman–Crippen MR) is 129 cm³/mol. The van der Waals surface area contributed by atoms with Crippen molar-refractivity contribution >= 4 is 40.0 Å². The van der Waals surface area contributed by atoms with E-state index in [4.69, 9.17) is 4.74 Å². The van der Waals surface area contributed by atoms with Gasteiger partial charge in [-0.1, -0.05) is 13.8 Å². The molecule has 1 aliphatic rings. The highest BCUT2D eigenvalue weighted by atomic mass is 32.2. The van der Waals surface area contributed by atoms with Crippen LogP contribution in [0.2, 0.25) is 0 Å². The molecule has 0 spiro atoms. The number of hydrogen-bond acceptors (Lipinski definition) is 6. The first kappa shape index (κ1) is 23.6. The van der Waals surface area contributed by atoms with Crippen LogP contribution in [0.15, 0.2) is 24.3 Å². The third-order valence-electron chi connectivity index (χ3n) is 5.16. The third kappa shape index (κ3) is 6.71. The molecular formula is C23H31N3O3S2. The van der Waals surface area contributed by atoms with Crippen LogP contribution in [0.4, 0.5) is 5.13 Å². The summed E-state index contributed by atoms with van der Waals surface area (Å²) in [5.74, 6) is 2.47. The van der Waals surface area contributed by atoms with Crippen LogP contribution >= 0.6 is 23.1 Å². The van der Waals surface area contributed by atoms with Gasteiger partial charge in [-0.2, -0.15) is 0 Å². The first-order chi connectivity index (χ1) is 14.9. The van der Waals surface area contributed by atoms with Crippen LogP contribution in [0.3, 0.4) is 0 Å². The number of hydrogen-bond donors (Lipinski definition) is 1. The number of thiazole rings is 1. The lowest BCUT2D eigenvalue weighted by molar-refractivity contribution is -0.130. The van der Waals surface area contributed by atoms with E-state index in [1.807, 2.05) is 43.0 Å². The minimum Gasteiger partial charge on any atom is -0.494 e. The first-order valence-electron chi connectivity index (χ1n) is 10.7. The van der Waals surface area contributed by atoms with Crippen molar-refractivity contribution in [3.63, 3.8) is 0 Å². The lowest BCUT2D eigenvalue weighted by Gasteiger charge is -2.35. The topological polar surface area (TPSA) is 71.5 Å². The van der Waals surface area contributed by atoms with Crippen molar-refractivity contribution in [1.82, 2.24) is 9.88 Å². The molecule has 6 nitrogen and oxygen atoms in total. The third-order valence-corrected chi connectivity index (χ3v) is 6.97. The van der Waals surface area contributed by atoms with Gasteiger partial charge in [0.1, 0.15) is 5.75 Å². The number of nitrogens with one attached hydrogen (secondary N) is 1. The van der Waals surface area contributed by atoms with Gasteiger partial charge in [-0.25, -0.2) is 4.98 Å². The number of carbonyl (C=O) groups excluding carboxylic acids is 2. The zero-order valence-electron chi connectivity index (χ0n) is 18.6. The Kier molecular flexibility index (Phi) is 8.37. The van der Waals surface area contributed by atoms with Crippen molar-refractivity contribution in [2.45, 2.75) is 34.1 Å². The monoisotopic (exact) mass is 461 g/mol. The summed E-state index contributed by atoms with van der Waals surface area (Å²) < 4.78 is 5.48. The molecule has 2 atom stereocenters. The molecule has 1 aromatic heterocycles. The molecule has 0 aliphatic carbocycles. The summed E-state index contributed by atoms with van der Waals surface area (Å²) in [7, 11) is 0. The number of benzene rings is 1. The fourth-order valence-electron chi connectivity index (χ4n) is 3.94. The van der Waals surface area contributed by atoms with E-state index < -0.39 is 0 Å². The number of likely N-dealkylation sites (tertiary alicyclic amines) is 1. The molecule has 1 fully saturated rings. The number of aromatic nitrogens is 1. The van der Waals surface area contributed by atoms with Crippen LogP contribution in [0, 0.1) is 18.8 Å². The van der Waals surface area contributed by atoms with Gasteiger partial charge >= 0.3 is 0 Å². The van der Waals surface area contributed by atoms with Crippen molar-refractivity contribution < 1.29 is 14.3 Å². The van der Waals surface area contributed by atoms with E-state index in [0.29, 0.717) is 29.3 Å². The molecular weight excluding hydrogens is 430 g/mol. The SMILES string of the molecule is CCOc1ccc(-c2nc(NC(=O)CSCC(=O)N3CC(C)CC(C)C3)sc2C)cc1. The fraction of sp³-hybridized carbons (Fsp3) is 0.522. The highest BCUT2D eigenvalue weighted by molar-refractivity contribution is 8.00. The van der Waals surface area contributed by atoms with Crippen LogP contribution in [-0.4, -0.2) is 52.9 Å². The van der Waals surface area contributed by atoms with E-state index >= 15 is 0 Å². The summed E-state index contributed by atoms with van der Waals surface area (Å²) in [5, 5.41) is 3.45. The van der Waals surface area contributed by atoms with E-state index in [1.54, 1.807) is 0 Å². The van der Waals surface area contributed by atoms with Gasteiger partial charge in [-0.15, -0.1) is 23.1 Å². The number of thioether (sulfide) groups is 1. The molecule has 0 radical (unpaired) electrons. The van der Waals surface area contributed by atoms with Crippen molar-refractivity contribution in [3.05, 3.63) is 29.1 Å². The highest BCUT2D eigenvalue weighted by Crippen LogP contribution is 2.31. The maximum absolute atomic E-state index is 12.5. The second kappa shape index (κ2) is 11.0. The minimum atomic E-state index is -0.134. The summed E-state index contributed by atoms with van der Waals surface area (Å²) in [6.45, 7) is 10.6. The van der Waals surface area contributed by atoms with Crippen molar-refractivity contribution in [2.24, 2.45) is 11.8 Å². The lowest BCUT2D eigenvalue weighted by Crippen LogP contribution is -2.43. The Hall–Kier alpha value is -2.06. The number of nitrogens with zero attached hydrogens (tertiary/aromatic N) is 2. The second-order valence-electron chi connectivity index (χ2n) is 8.17. The molecule has 168 valence electrons. The number of carbonyl (C=O) groups is 2. The first-order valence-corrected chi connectivity index (χ1v) is 12.7. The summed E-state index contributed by atoms with van der Waals surface area (Å²) in [6, 6.07) is 7.80. The van der Waals surface area contributed by atoms with Crippen molar-refractivity contribution in [3.8, 4) is 17.0 Å². The van der Waals surface area contributed by atoms with Gasteiger partial charge in [0.25, 0.3) is 0 Å². The van der Waals surface area contributed by atoms with Crippen molar-refractivity contribution in [1.29, 1.82) is 0 Å². The van der Waals surface area contributed by atoms with Crippen LogP contribution in [-0.2, 0) is 9.59 Å². The molecule has 1 aliphatic heterocycles. The maximum Gasteiger partial charge on any atom is 0.236 e. The van der Waals surface area contributed by atoms with Gasteiger partial charge in [0, 0.05) is 23.5 Å². The average Bonchev–Trinajstić information content (AvgIpc) is 3.08. The molecule has 1 saturated heterocycles. The van der Waals surface area contributed by atoms with Gasteiger partial charge in [0.2, 0.25) is 11.8 Å². The molecule has 1 aromatic carbocycles. The summed E-state index contributed by atoms with van der Waals surface area (Å²) >= 11 is 2.81. The largest absolute Gasteiger partial charge is 0.494 e. The number of ether oxygens (including phenoxy) is 1. The lowest BCUT2D eigenvalue weighted by atomic mass is 9.92. The van der Waals surface area contributed by atoms with E-state index in [2.05, 4.69) is 24.1 Å². The number of amides is 2. The standard InChI is InChI=1S/C23H31N3O3S2/c1-5-29-19-8-6-18(7-9-19)22-17(4)31-23(25-22)24-20(27)13-30-14-21(28)26-11-15(2)10-16(3)12-26/h6-9,15-16H,5,10-14H2,1-4H3,(H,24,25,27). The molecule has 1 N–H and O–H groups in total. The normalized spacial score (nSPS) is 18.6. The number of aryl methyl sites for hydroxylation is 1. The Balaban J connectivity index is 1.48. The highest BCUT2D eigenvalue weighted by Gasteiger charge is 2.25. The molecule has 2 amide bonds. The Labute approximate surface area is 192 Å². The van der Waals surface area contributed by atoms with E-state index in [9.17, 15) is 9.59 Å². The van der Waals surface area contributed by atoms with Gasteiger partial charge < -0.3 is 15.0 Å². The molecule has 2 unspecified atom stereocenters. The molecule has 8 heteroatoms. The zero-order chi connectivity index (χ0) is 22.4. The summed E-state index contributed by atoms with van der Waals surface area (Å²) in [4.78, 5) is 32.4. The van der Waals surface area contributed by atoms with Crippen LogP contribution in [0.5, 0.6) is 5.75 Å². The Morgan fingerprint density at radius 2 is 1.87 bits per heavy atom. The summed E-state index contributed by atoms with van der Waals surface area (Å²) in [5.41, 5.74) is 1.85. The molecule has 0 saturated carbocycles. The molecule has 31 heavy (non-hydrogen) atoms. The Morgan fingerprint density at radius 1 is 1.19 bits per heavy atom. The van der Waals surface area contributed by atoms with Gasteiger partial charge in [0.05, 0.1) is 23.8 Å².